The predicted molar refractivity (Wildman–Crippen MR) is 78.6 cm³/mol. The van der Waals surface area contributed by atoms with E-state index in [2.05, 4.69) is 9.97 Å². The minimum Gasteiger partial charge on any atom is -0.343 e. The molecule has 1 aromatic heterocycles. The third kappa shape index (κ3) is 3.50. The van der Waals surface area contributed by atoms with Crippen LogP contribution in [-0.4, -0.2) is 9.97 Å². The fourth-order valence-corrected chi connectivity index (χ4v) is 2.29. The molecule has 2 nitrogen and oxygen atoms in total. The van der Waals surface area contributed by atoms with E-state index in [-0.39, 0.29) is 0 Å². The lowest BCUT2D eigenvalue weighted by molar-refractivity contribution is -0.137. The number of nitrogens with one attached hydrogen (secondary N) is 1. The molecule has 0 aliphatic heterocycles. The summed E-state index contributed by atoms with van der Waals surface area (Å²) in [6.45, 7) is 3.76. The number of benzene rings is 1. The molecular formula is C15H15F3N2S. The molecule has 0 aliphatic rings. The van der Waals surface area contributed by atoms with Gasteiger partial charge in [0.1, 0.15) is 10.5 Å². The number of aromatic amines is 1. The first-order valence-electron chi connectivity index (χ1n) is 6.60. The minimum atomic E-state index is -4.36. The maximum absolute atomic E-state index is 12.8. The Hall–Kier alpha value is -1.69. The number of hydrogen-bond acceptors (Lipinski definition) is 2. The second kappa shape index (κ2) is 5.97. The summed E-state index contributed by atoms with van der Waals surface area (Å²) < 4.78 is 38.9. The molecule has 112 valence electrons. The molecule has 6 heteroatoms. The zero-order valence-corrected chi connectivity index (χ0v) is 12.5. The molecule has 0 saturated heterocycles. The normalized spacial score (nSPS) is 11.7. The SMILES string of the molecule is CCCc1nc(=S)c(C)c(-c2cccc(C(F)(F)F)c2)[nH]1. The van der Waals surface area contributed by atoms with Crippen molar-refractivity contribution in [3.05, 3.63) is 45.9 Å². The van der Waals surface area contributed by atoms with Crippen molar-refractivity contribution < 1.29 is 13.2 Å². The first-order chi connectivity index (χ1) is 9.82. The maximum Gasteiger partial charge on any atom is 0.416 e. The summed E-state index contributed by atoms with van der Waals surface area (Å²) in [6, 6.07) is 5.22. The molecule has 0 atom stereocenters. The van der Waals surface area contributed by atoms with Gasteiger partial charge in [-0.3, -0.25) is 0 Å². The number of halogens is 3. The lowest BCUT2D eigenvalue weighted by atomic mass is 10.0. The predicted octanol–water partition coefficient (Wildman–Crippen LogP) is 5.09. The van der Waals surface area contributed by atoms with E-state index in [1.165, 1.54) is 6.07 Å². The summed E-state index contributed by atoms with van der Waals surface area (Å²) in [6.07, 6.45) is -2.78. The van der Waals surface area contributed by atoms with Crippen LogP contribution in [0.2, 0.25) is 0 Å². The molecule has 2 rings (SSSR count). The van der Waals surface area contributed by atoms with E-state index in [0.717, 1.165) is 18.6 Å². The third-order valence-corrected chi connectivity index (χ3v) is 3.56. The molecular weight excluding hydrogens is 297 g/mol. The first-order valence-corrected chi connectivity index (χ1v) is 7.01. The van der Waals surface area contributed by atoms with Gasteiger partial charge in [0.15, 0.2) is 0 Å². The number of aromatic nitrogens is 2. The molecule has 0 unspecified atom stereocenters. The minimum absolute atomic E-state index is 0.421. The van der Waals surface area contributed by atoms with Crippen molar-refractivity contribution in [2.24, 2.45) is 0 Å². The Morgan fingerprint density at radius 1 is 1.29 bits per heavy atom. The van der Waals surface area contributed by atoms with Crippen LogP contribution < -0.4 is 0 Å². The van der Waals surface area contributed by atoms with Crippen LogP contribution in [0, 0.1) is 11.6 Å². The maximum atomic E-state index is 12.8. The van der Waals surface area contributed by atoms with Crippen molar-refractivity contribution >= 4 is 12.2 Å². The number of hydrogen-bond donors (Lipinski definition) is 1. The average molecular weight is 312 g/mol. The van der Waals surface area contributed by atoms with Gasteiger partial charge in [0.2, 0.25) is 0 Å². The van der Waals surface area contributed by atoms with Crippen molar-refractivity contribution in [1.29, 1.82) is 0 Å². The highest BCUT2D eigenvalue weighted by molar-refractivity contribution is 7.71. The van der Waals surface area contributed by atoms with E-state index in [1.807, 2.05) is 6.92 Å². The number of nitrogens with zero attached hydrogens (tertiary/aromatic N) is 1. The highest BCUT2D eigenvalue weighted by Crippen LogP contribution is 2.32. The molecule has 0 radical (unpaired) electrons. The zero-order valence-electron chi connectivity index (χ0n) is 11.7. The fourth-order valence-electron chi connectivity index (χ4n) is 2.07. The van der Waals surface area contributed by atoms with E-state index in [4.69, 9.17) is 12.2 Å². The highest BCUT2D eigenvalue weighted by atomic mass is 32.1. The van der Waals surface area contributed by atoms with Gasteiger partial charge in [-0.05, 0) is 31.0 Å². The fraction of sp³-hybridized carbons (Fsp3) is 0.333. The van der Waals surface area contributed by atoms with E-state index in [9.17, 15) is 13.2 Å². The number of aryl methyl sites for hydroxylation is 1. The highest BCUT2D eigenvalue weighted by Gasteiger charge is 2.30. The summed E-state index contributed by atoms with van der Waals surface area (Å²) in [7, 11) is 0. The number of rotatable bonds is 3. The Morgan fingerprint density at radius 2 is 2.00 bits per heavy atom. The molecule has 0 amide bonds. The smallest absolute Gasteiger partial charge is 0.343 e. The molecule has 0 fully saturated rings. The van der Waals surface area contributed by atoms with Crippen molar-refractivity contribution in [2.75, 3.05) is 0 Å². The summed E-state index contributed by atoms with van der Waals surface area (Å²) in [4.78, 5) is 7.36. The Bertz CT molecular complexity index is 705. The van der Waals surface area contributed by atoms with Crippen LogP contribution >= 0.6 is 12.2 Å². The van der Waals surface area contributed by atoms with Gasteiger partial charge in [-0.1, -0.05) is 31.3 Å². The lowest BCUT2D eigenvalue weighted by Gasteiger charge is -2.12. The zero-order chi connectivity index (χ0) is 15.6. The molecule has 0 saturated carbocycles. The van der Waals surface area contributed by atoms with Crippen molar-refractivity contribution in [1.82, 2.24) is 9.97 Å². The van der Waals surface area contributed by atoms with Crippen LogP contribution in [0.4, 0.5) is 13.2 Å². The van der Waals surface area contributed by atoms with Gasteiger partial charge in [0.25, 0.3) is 0 Å². The number of alkyl halides is 3. The monoisotopic (exact) mass is 312 g/mol. The standard InChI is InChI=1S/C15H15F3N2S/c1-3-5-12-19-13(9(2)14(21)20-12)10-6-4-7-11(8-10)15(16,17)18/h4,6-8H,3,5H2,1-2H3,(H,19,20,21). The van der Waals surface area contributed by atoms with Crippen LogP contribution in [0.5, 0.6) is 0 Å². The van der Waals surface area contributed by atoms with E-state index in [0.29, 0.717) is 33.7 Å². The van der Waals surface area contributed by atoms with E-state index < -0.39 is 11.7 Å². The summed E-state index contributed by atoms with van der Waals surface area (Å²) in [5, 5.41) is 0. The van der Waals surface area contributed by atoms with E-state index >= 15 is 0 Å². The molecule has 1 N–H and O–H groups in total. The summed E-state index contributed by atoms with van der Waals surface area (Å²) in [5.41, 5.74) is 1.08. The Labute approximate surface area is 126 Å². The largest absolute Gasteiger partial charge is 0.416 e. The van der Waals surface area contributed by atoms with Gasteiger partial charge in [0.05, 0.1) is 11.3 Å². The quantitative estimate of drug-likeness (QED) is 0.800. The first kappa shape index (κ1) is 15.7. The van der Waals surface area contributed by atoms with Crippen molar-refractivity contribution in [3.63, 3.8) is 0 Å². The molecule has 2 aromatic rings. The summed E-state index contributed by atoms with van der Waals surface area (Å²) >= 11 is 5.20. The van der Waals surface area contributed by atoms with Crippen molar-refractivity contribution in [2.45, 2.75) is 32.9 Å². The van der Waals surface area contributed by atoms with Gasteiger partial charge < -0.3 is 4.98 Å². The van der Waals surface area contributed by atoms with Gasteiger partial charge in [-0.25, -0.2) is 4.98 Å². The van der Waals surface area contributed by atoms with E-state index in [1.54, 1.807) is 13.0 Å². The Balaban J connectivity index is 2.58. The second-order valence-corrected chi connectivity index (χ2v) is 5.20. The molecule has 21 heavy (non-hydrogen) atoms. The molecule has 0 spiro atoms. The van der Waals surface area contributed by atoms with Crippen LogP contribution in [0.15, 0.2) is 24.3 Å². The molecule has 0 aliphatic carbocycles. The third-order valence-electron chi connectivity index (χ3n) is 3.17. The topological polar surface area (TPSA) is 28.7 Å². The van der Waals surface area contributed by atoms with Crippen molar-refractivity contribution in [3.8, 4) is 11.3 Å². The van der Waals surface area contributed by atoms with Crippen LogP contribution in [0.3, 0.4) is 0 Å². The van der Waals surface area contributed by atoms with Crippen LogP contribution in [0.25, 0.3) is 11.3 Å². The Morgan fingerprint density at radius 3 is 2.62 bits per heavy atom. The Kier molecular flexibility index (Phi) is 4.46. The second-order valence-electron chi connectivity index (χ2n) is 4.82. The van der Waals surface area contributed by atoms with Gasteiger partial charge in [-0.2, -0.15) is 13.2 Å². The molecule has 1 heterocycles. The average Bonchev–Trinajstić information content (AvgIpc) is 2.42. The van der Waals surface area contributed by atoms with Gasteiger partial charge in [-0.15, -0.1) is 0 Å². The lowest BCUT2D eigenvalue weighted by Crippen LogP contribution is -2.05. The molecule has 0 bridgehead atoms. The molecule has 1 aromatic carbocycles. The number of H-pyrrole nitrogens is 1. The van der Waals surface area contributed by atoms with Crippen LogP contribution in [-0.2, 0) is 12.6 Å². The van der Waals surface area contributed by atoms with Crippen LogP contribution in [0.1, 0.15) is 30.3 Å². The van der Waals surface area contributed by atoms with Gasteiger partial charge >= 0.3 is 6.18 Å². The summed E-state index contributed by atoms with van der Waals surface area (Å²) in [5.74, 6) is 0.695. The van der Waals surface area contributed by atoms with Gasteiger partial charge in [0, 0.05) is 12.0 Å².